The smallest absolute Gasteiger partial charge is 0.222 e. The van der Waals surface area contributed by atoms with Crippen LogP contribution in [0.2, 0.25) is 0 Å². The van der Waals surface area contributed by atoms with E-state index in [2.05, 4.69) is 15.2 Å². The zero-order chi connectivity index (χ0) is 14.5. The fourth-order valence-electron chi connectivity index (χ4n) is 3.70. The first kappa shape index (κ1) is 14.6. The Kier molecular flexibility index (Phi) is 4.91. The van der Waals surface area contributed by atoms with Gasteiger partial charge in [0.15, 0.2) is 0 Å². The molecule has 5 nitrogen and oxygen atoms in total. The van der Waals surface area contributed by atoms with E-state index in [9.17, 15) is 4.79 Å². The van der Waals surface area contributed by atoms with Crippen LogP contribution in [0, 0.1) is 0 Å². The Bertz CT molecular complexity index is 445. The number of hydrogen-bond acceptors (Lipinski definition) is 3. The predicted molar refractivity (Wildman–Crippen MR) is 81.8 cm³/mol. The van der Waals surface area contributed by atoms with E-state index >= 15 is 0 Å². The van der Waals surface area contributed by atoms with Gasteiger partial charge in [-0.3, -0.25) is 4.79 Å². The van der Waals surface area contributed by atoms with Gasteiger partial charge in [-0.25, -0.2) is 4.98 Å². The van der Waals surface area contributed by atoms with Crippen molar-refractivity contribution >= 4 is 5.91 Å². The van der Waals surface area contributed by atoms with E-state index in [0.29, 0.717) is 24.4 Å². The molecule has 2 fully saturated rings. The van der Waals surface area contributed by atoms with E-state index in [1.54, 1.807) is 6.20 Å². The fourth-order valence-corrected chi connectivity index (χ4v) is 3.70. The molecule has 2 atom stereocenters. The fraction of sp³-hybridized carbons (Fsp3) is 0.750. The van der Waals surface area contributed by atoms with Gasteiger partial charge < -0.3 is 14.8 Å². The number of nitrogens with one attached hydrogen (secondary N) is 1. The maximum absolute atomic E-state index is 12.6. The number of amides is 1. The quantitative estimate of drug-likeness (QED) is 0.920. The summed E-state index contributed by atoms with van der Waals surface area (Å²) < 4.78 is 2.04. The number of aryl methyl sites for hydroxylation is 1. The van der Waals surface area contributed by atoms with Crippen LogP contribution in [0.15, 0.2) is 18.7 Å². The Morgan fingerprint density at radius 2 is 2.24 bits per heavy atom. The van der Waals surface area contributed by atoms with E-state index in [4.69, 9.17) is 0 Å². The van der Waals surface area contributed by atoms with Crippen LogP contribution in [0.1, 0.15) is 44.9 Å². The van der Waals surface area contributed by atoms with Gasteiger partial charge in [0.1, 0.15) is 0 Å². The number of aromatic nitrogens is 2. The molecule has 0 aromatic carbocycles. The van der Waals surface area contributed by atoms with Gasteiger partial charge in [-0.1, -0.05) is 6.42 Å². The molecular weight excluding hydrogens is 264 g/mol. The second-order valence-electron chi connectivity index (χ2n) is 6.26. The van der Waals surface area contributed by atoms with Gasteiger partial charge in [0.2, 0.25) is 5.91 Å². The molecule has 2 aliphatic rings. The Hall–Kier alpha value is -1.36. The Morgan fingerprint density at radius 1 is 1.29 bits per heavy atom. The molecule has 0 radical (unpaired) electrons. The minimum atomic E-state index is 0.341. The standard InChI is InChI=1S/C16H26N4O/c21-16(7-4-10-19-12-9-17-13-19)20-11-3-5-14-15(20)6-1-2-8-18-14/h9,12-15,18H,1-8,10-11H2/t14-,15+/m1/s1. The number of carbonyl (C=O) groups is 1. The summed E-state index contributed by atoms with van der Waals surface area (Å²) >= 11 is 0. The maximum atomic E-state index is 12.6. The SMILES string of the molecule is O=C(CCCn1ccnc1)N1CCC[C@H]2NCCCC[C@@H]21. The number of imidazole rings is 1. The zero-order valence-electron chi connectivity index (χ0n) is 12.7. The minimum Gasteiger partial charge on any atom is -0.338 e. The van der Waals surface area contributed by atoms with Crippen molar-refractivity contribution in [2.24, 2.45) is 0 Å². The molecule has 5 heteroatoms. The van der Waals surface area contributed by atoms with Crippen LogP contribution in [-0.4, -0.2) is 45.5 Å². The number of piperidine rings is 1. The van der Waals surface area contributed by atoms with Gasteiger partial charge in [0, 0.05) is 44.0 Å². The third kappa shape index (κ3) is 3.64. The highest BCUT2D eigenvalue weighted by molar-refractivity contribution is 5.76. The van der Waals surface area contributed by atoms with E-state index in [0.717, 1.165) is 32.5 Å². The Morgan fingerprint density at radius 3 is 3.10 bits per heavy atom. The number of carbonyl (C=O) groups excluding carboxylic acids is 1. The lowest BCUT2D eigenvalue weighted by Gasteiger charge is -2.41. The van der Waals surface area contributed by atoms with Gasteiger partial charge in [-0.2, -0.15) is 0 Å². The summed E-state index contributed by atoms with van der Waals surface area (Å²) in [6.07, 6.45) is 13.1. The van der Waals surface area contributed by atoms with Crippen LogP contribution in [-0.2, 0) is 11.3 Å². The van der Waals surface area contributed by atoms with Crippen molar-refractivity contribution in [3.63, 3.8) is 0 Å². The molecule has 1 N–H and O–H groups in total. The van der Waals surface area contributed by atoms with E-state index in [-0.39, 0.29) is 0 Å². The largest absolute Gasteiger partial charge is 0.338 e. The predicted octanol–water partition coefficient (Wildman–Crippen LogP) is 1.80. The number of fused-ring (bicyclic) bond motifs is 1. The summed E-state index contributed by atoms with van der Waals surface area (Å²) in [7, 11) is 0. The summed E-state index contributed by atoms with van der Waals surface area (Å²) in [5.74, 6) is 0.341. The zero-order valence-corrected chi connectivity index (χ0v) is 12.7. The second-order valence-corrected chi connectivity index (χ2v) is 6.26. The normalized spacial score (nSPS) is 26.2. The van der Waals surface area contributed by atoms with Crippen LogP contribution in [0.5, 0.6) is 0 Å². The molecule has 1 aromatic heterocycles. The summed E-state index contributed by atoms with van der Waals surface area (Å²) in [5, 5.41) is 3.64. The van der Waals surface area contributed by atoms with Gasteiger partial charge in [0.25, 0.3) is 0 Å². The van der Waals surface area contributed by atoms with Gasteiger partial charge in [0.05, 0.1) is 6.33 Å². The first-order valence-corrected chi connectivity index (χ1v) is 8.33. The average molecular weight is 290 g/mol. The monoisotopic (exact) mass is 290 g/mol. The first-order valence-electron chi connectivity index (χ1n) is 8.33. The molecule has 3 rings (SSSR count). The lowest BCUT2D eigenvalue weighted by atomic mass is 9.93. The molecule has 2 saturated heterocycles. The van der Waals surface area contributed by atoms with E-state index in [1.165, 1.54) is 25.7 Å². The molecule has 0 saturated carbocycles. The maximum Gasteiger partial charge on any atom is 0.222 e. The van der Waals surface area contributed by atoms with Crippen molar-refractivity contribution < 1.29 is 4.79 Å². The van der Waals surface area contributed by atoms with Crippen LogP contribution < -0.4 is 5.32 Å². The van der Waals surface area contributed by atoms with Gasteiger partial charge >= 0.3 is 0 Å². The van der Waals surface area contributed by atoms with Gasteiger partial charge in [-0.15, -0.1) is 0 Å². The second kappa shape index (κ2) is 7.07. The summed E-state index contributed by atoms with van der Waals surface area (Å²) in [6, 6.07) is 0.959. The lowest BCUT2D eigenvalue weighted by Crippen LogP contribution is -2.55. The lowest BCUT2D eigenvalue weighted by molar-refractivity contribution is -0.135. The molecule has 0 bridgehead atoms. The molecule has 0 aliphatic carbocycles. The number of nitrogens with zero attached hydrogens (tertiary/aromatic N) is 3. The van der Waals surface area contributed by atoms with Crippen molar-refractivity contribution in [1.82, 2.24) is 19.8 Å². The Balaban J connectivity index is 1.52. The number of likely N-dealkylation sites (tertiary alicyclic amines) is 1. The van der Waals surface area contributed by atoms with Crippen molar-refractivity contribution in [2.45, 2.75) is 63.6 Å². The highest BCUT2D eigenvalue weighted by Gasteiger charge is 2.34. The van der Waals surface area contributed by atoms with Crippen LogP contribution in [0.4, 0.5) is 0 Å². The molecule has 0 spiro atoms. The molecule has 21 heavy (non-hydrogen) atoms. The Labute approximate surface area is 126 Å². The van der Waals surface area contributed by atoms with Crippen LogP contribution >= 0.6 is 0 Å². The topological polar surface area (TPSA) is 50.2 Å². The average Bonchev–Trinajstić information content (AvgIpc) is 2.89. The van der Waals surface area contributed by atoms with Crippen LogP contribution in [0.3, 0.4) is 0 Å². The van der Waals surface area contributed by atoms with Gasteiger partial charge in [-0.05, 0) is 38.6 Å². The van der Waals surface area contributed by atoms with E-state index < -0.39 is 0 Å². The minimum absolute atomic E-state index is 0.341. The first-order chi connectivity index (χ1) is 10.3. The third-order valence-corrected chi connectivity index (χ3v) is 4.80. The van der Waals surface area contributed by atoms with Crippen LogP contribution in [0.25, 0.3) is 0 Å². The van der Waals surface area contributed by atoms with E-state index in [1.807, 2.05) is 17.1 Å². The van der Waals surface area contributed by atoms with Crippen molar-refractivity contribution in [3.8, 4) is 0 Å². The summed E-state index contributed by atoms with van der Waals surface area (Å²) in [5.41, 5.74) is 0. The molecule has 116 valence electrons. The molecular formula is C16H26N4O. The highest BCUT2D eigenvalue weighted by atomic mass is 16.2. The molecule has 3 heterocycles. The summed E-state index contributed by atoms with van der Waals surface area (Å²) in [4.78, 5) is 18.8. The van der Waals surface area contributed by atoms with Crippen molar-refractivity contribution in [3.05, 3.63) is 18.7 Å². The van der Waals surface area contributed by atoms with Crippen molar-refractivity contribution in [1.29, 1.82) is 0 Å². The van der Waals surface area contributed by atoms with Crippen molar-refractivity contribution in [2.75, 3.05) is 13.1 Å². The number of rotatable bonds is 4. The summed E-state index contributed by atoms with van der Waals surface area (Å²) in [6.45, 7) is 2.95. The number of hydrogen-bond donors (Lipinski definition) is 1. The molecule has 2 aliphatic heterocycles. The molecule has 0 unspecified atom stereocenters. The molecule has 1 aromatic rings. The highest BCUT2D eigenvalue weighted by Crippen LogP contribution is 2.25. The third-order valence-electron chi connectivity index (χ3n) is 4.80. The molecule has 1 amide bonds.